The maximum Gasteiger partial charge on any atom is 0.0413 e. The van der Waals surface area contributed by atoms with Gasteiger partial charge in [-0.3, -0.25) is 0 Å². The standard InChI is InChI=1S/C12H25NO/c1-9(2)10-7-11(3,4)13(14)12(5,6)8-10/h9-10,14H,7-8H2,1-6H3. The molecule has 0 aromatic heterocycles. The molecular weight excluding hydrogens is 174 g/mol. The van der Waals surface area contributed by atoms with E-state index in [2.05, 4.69) is 41.5 Å². The Morgan fingerprint density at radius 1 is 1.07 bits per heavy atom. The zero-order chi connectivity index (χ0) is 11.1. The zero-order valence-electron chi connectivity index (χ0n) is 10.5. The number of piperidine rings is 1. The van der Waals surface area contributed by atoms with Crippen molar-refractivity contribution >= 4 is 0 Å². The van der Waals surface area contributed by atoms with Gasteiger partial charge in [0.05, 0.1) is 0 Å². The third-order valence-corrected chi connectivity index (χ3v) is 3.61. The van der Waals surface area contributed by atoms with E-state index in [9.17, 15) is 5.21 Å². The number of nitrogens with zero attached hydrogens (tertiary/aromatic N) is 1. The van der Waals surface area contributed by atoms with Crippen LogP contribution >= 0.6 is 0 Å². The van der Waals surface area contributed by atoms with Crippen molar-refractivity contribution in [2.75, 3.05) is 0 Å². The normalized spacial score (nSPS) is 28.3. The minimum absolute atomic E-state index is 0.0866. The van der Waals surface area contributed by atoms with E-state index in [0.29, 0.717) is 5.92 Å². The highest BCUT2D eigenvalue weighted by atomic mass is 16.5. The summed E-state index contributed by atoms with van der Waals surface area (Å²) in [7, 11) is 0. The van der Waals surface area contributed by atoms with E-state index in [1.165, 1.54) is 0 Å². The Bertz CT molecular complexity index is 190. The van der Waals surface area contributed by atoms with Crippen molar-refractivity contribution in [3.8, 4) is 0 Å². The summed E-state index contributed by atoms with van der Waals surface area (Å²) in [4.78, 5) is 0. The molecule has 0 aromatic rings. The van der Waals surface area contributed by atoms with E-state index < -0.39 is 0 Å². The van der Waals surface area contributed by atoms with Crippen molar-refractivity contribution in [2.24, 2.45) is 11.8 Å². The molecule has 0 atom stereocenters. The van der Waals surface area contributed by atoms with E-state index in [4.69, 9.17) is 0 Å². The summed E-state index contributed by atoms with van der Waals surface area (Å²) in [6, 6.07) is 0. The Morgan fingerprint density at radius 2 is 1.43 bits per heavy atom. The molecule has 2 heteroatoms. The summed E-state index contributed by atoms with van der Waals surface area (Å²) in [5.41, 5.74) is -0.173. The van der Waals surface area contributed by atoms with Crippen LogP contribution in [0.25, 0.3) is 0 Å². The lowest BCUT2D eigenvalue weighted by Gasteiger charge is -2.52. The van der Waals surface area contributed by atoms with Crippen LogP contribution in [0.1, 0.15) is 54.4 Å². The quantitative estimate of drug-likeness (QED) is 0.700. The molecule has 1 N–H and O–H groups in total. The Morgan fingerprint density at radius 3 is 1.71 bits per heavy atom. The molecule has 0 aromatic carbocycles. The van der Waals surface area contributed by atoms with Crippen molar-refractivity contribution in [1.82, 2.24) is 5.06 Å². The van der Waals surface area contributed by atoms with Crippen LogP contribution in [-0.2, 0) is 0 Å². The van der Waals surface area contributed by atoms with Gasteiger partial charge in [-0.05, 0) is 52.4 Å². The van der Waals surface area contributed by atoms with E-state index in [1.807, 2.05) is 0 Å². The Hall–Kier alpha value is -0.0800. The molecule has 0 bridgehead atoms. The minimum Gasteiger partial charge on any atom is -0.313 e. The third kappa shape index (κ3) is 2.12. The van der Waals surface area contributed by atoms with E-state index in [-0.39, 0.29) is 11.1 Å². The Balaban J connectivity index is 2.86. The van der Waals surface area contributed by atoms with Gasteiger partial charge >= 0.3 is 0 Å². The second-order valence-corrected chi connectivity index (χ2v) is 6.35. The van der Waals surface area contributed by atoms with Gasteiger partial charge in [-0.1, -0.05) is 13.8 Å². The van der Waals surface area contributed by atoms with Gasteiger partial charge in [0, 0.05) is 11.1 Å². The van der Waals surface area contributed by atoms with Gasteiger partial charge in [0.25, 0.3) is 0 Å². The third-order valence-electron chi connectivity index (χ3n) is 3.61. The molecule has 0 amide bonds. The van der Waals surface area contributed by atoms with Crippen LogP contribution < -0.4 is 0 Å². The molecule has 0 aliphatic carbocycles. The van der Waals surface area contributed by atoms with Crippen LogP contribution in [0.15, 0.2) is 0 Å². The number of rotatable bonds is 1. The van der Waals surface area contributed by atoms with Gasteiger partial charge < -0.3 is 5.21 Å². The van der Waals surface area contributed by atoms with Crippen LogP contribution in [0.5, 0.6) is 0 Å². The van der Waals surface area contributed by atoms with Gasteiger partial charge in [0.15, 0.2) is 0 Å². The Labute approximate surface area is 88.3 Å². The SMILES string of the molecule is CC(C)C1CC(C)(C)N(O)C(C)(C)C1. The molecule has 84 valence electrons. The van der Waals surface area contributed by atoms with Crippen molar-refractivity contribution in [3.05, 3.63) is 0 Å². The molecule has 1 rings (SSSR count). The van der Waals surface area contributed by atoms with Gasteiger partial charge in [0.2, 0.25) is 0 Å². The van der Waals surface area contributed by atoms with Crippen molar-refractivity contribution in [2.45, 2.75) is 65.5 Å². The first kappa shape index (κ1) is 12.0. The van der Waals surface area contributed by atoms with Crippen LogP contribution in [0.3, 0.4) is 0 Å². The molecule has 2 nitrogen and oxygen atoms in total. The predicted octanol–water partition coefficient (Wildman–Crippen LogP) is 3.30. The van der Waals surface area contributed by atoms with E-state index in [0.717, 1.165) is 18.8 Å². The molecule has 1 aliphatic heterocycles. The first-order valence-corrected chi connectivity index (χ1v) is 5.66. The molecule has 0 saturated carbocycles. The number of hydroxylamine groups is 2. The van der Waals surface area contributed by atoms with Crippen molar-refractivity contribution in [3.63, 3.8) is 0 Å². The molecule has 0 radical (unpaired) electrons. The summed E-state index contributed by atoms with van der Waals surface area (Å²) in [6.07, 6.45) is 2.18. The second kappa shape index (κ2) is 3.49. The topological polar surface area (TPSA) is 23.5 Å². The van der Waals surface area contributed by atoms with E-state index in [1.54, 1.807) is 5.06 Å². The monoisotopic (exact) mass is 199 g/mol. The average Bonchev–Trinajstić information content (AvgIpc) is 1.98. The first-order chi connectivity index (χ1) is 6.17. The van der Waals surface area contributed by atoms with Crippen LogP contribution in [0.4, 0.5) is 0 Å². The minimum atomic E-state index is -0.0866. The zero-order valence-corrected chi connectivity index (χ0v) is 10.5. The lowest BCUT2D eigenvalue weighted by atomic mass is 9.71. The lowest BCUT2D eigenvalue weighted by Crippen LogP contribution is -2.59. The predicted molar refractivity (Wildman–Crippen MR) is 59.3 cm³/mol. The van der Waals surface area contributed by atoms with Crippen molar-refractivity contribution < 1.29 is 5.21 Å². The molecule has 1 fully saturated rings. The fourth-order valence-corrected chi connectivity index (χ4v) is 2.82. The van der Waals surface area contributed by atoms with Gasteiger partial charge in [0.1, 0.15) is 0 Å². The second-order valence-electron chi connectivity index (χ2n) is 6.35. The fourth-order valence-electron chi connectivity index (χ4n) is 2.82. The van der Waals surface area contributed by atoms with Gasteiger partial charge in [-0.2, -0.15) is 5.06 Å². The highest BCUT2D eigenvalue weighted by molar-refractivity contribution is 4.96. The average molecular weight is 199 g/mol. The highest BCUT2D eigenvalue weighted by Crippen LogP contribution is 2.42. The number of hydrogen-bond donors (Lipinski definition) is 1. The smallest absolute Gasteiger partial charge is 0.0413 e. The van der Waals surface area contributed by atoms with Gasteiger partial charge in [-0.15, -0.1) is 0 Å². The van der Waals surface area contributed by atoms with Crippen LogP contribution in [0, 0.1) is 11.8 Å². The van der Waals surface area contributed by atoms with Crippen LogP contribution in [0.2, 0.25) is 0 Å². The highest BCUT2D eigenvalue weighted by Gasteiger charge is 2.45. The molecule has 1 heterocycles. The molecule has 0 unspecified atom stereocenters. The maximum atomic E-state index is 10.1. The fraction of sp³-hybridized carbons (Fsp3) is 1.00. The maximum absolute atomic E-state index is 10.1. The summed E-state index contributed by atoms with van der Waals surface area (Å²) < 4.78 is 0. The molecular formula is C12H25NO. The summed E-state index contributed by atoms with van der Waals surface area (Å²) >= 11 is 0. The molecule has 1 aliphatic rings. The summed E-state index contributed by atoms with van der Waals surface area (Å²) in [5.74, 6) is 1.44. The summed E-state index contributed by atoms with van der Waals surface area (Å²) in [6.45, 7) is 13.1. The lowest BCUT2D eigenvalue weighted by molar-refractivity contribution is -0.253. The van der Waals surface area contributed by atoms with E-state index >= 15 is 0 Å². The number of hydrogen-bond acceptors (Lipinski definition) is 2. The molecule has 14 heavy (non-hydrogen) atoms. The largest absolute Gasteiger partial charge is 0.313 e. The van der Waals surface area contributed by atoms with Crippen molar-refractivity contribution in [1.29, 1.82) is 0 Å². The Kier molecular flexibility index (Phi) is 2.99. The first-order valence-electron chi connectivity index (χ1n) is 5.66. The van der Waals surface area contributed by atoms with Gasteiger partial charge in [-0.25, -0.2) is 0 Å². The van der Waals surface area contributed by atoms with Crippen LogP contribution in [-0.4, -0.2) is 21.3 Å². The summed E-state index contributed by atoms with van der Waals surface area (Å²) in [5, 5.41) is 11.7. The molecule has 0 spiro atoms. The molecule has 1 saturated heterocycles.